The highest BCUT2D eigenvalue weighted by molar-refractivity contribution is 6.08. The van der Waals surface area contributed by atoms with Crippen LogP contribution in [0.25, 0.3) is 22.3 Å². The Hall–Kier alpha value is -3.02. The zero-order valence-electron chi connectivity index (χ0n) is 22.5. The van der Waals surface area contributed by atoms with Crippen molar-refractivity contribution in [3.8, 4) is 28.0 Å². The highest BCUT2D eigenvalue weighted by atomic mass is 19.2. The van der Waals surface area contributed by atoms with E-state index in [-0.39, 0.29) is 29.3 Å². The van der Waals surface area contributed by atoms with Crippen molar-refractivity contribution in [2.75, 3.05) is 6.51 Å². The molecule has 0 spiro atoms. The van der Waals surface area contributed by atoms with E-state index in [1.165, 1.54) is 37.8 Å². The van der Waals surface area contributed by atoms with Gasteiger partial charge >= 0.3 is 0 Å². The van der Waals surface area contributed by atoms with Gasteiger partial charge in [0.05, 0.1) is 6.51 Å². The first kappa shape index (κ1) is 27.5. The molecular formula is C33H35BF4O. The summed E-state index contributed by atoms with van der Waals surface area (Å²) in [4.78, 5) is 0. The van der Waals surface area contributed by atoms with E-state index < -0.39 is 23.3 Å². The maximum absolute atomic E-state index is 15.3. The van der Waals surface area contributed by atoms with Crippen LogP contribution in [0.1, 0.15) is 62.8 Å². The number of hydrogen-bond donors (Lipinski definition) is 0. The van der Waals surface area contributed by atoms with Crippen LogP contribution >= 0.6 is 0 Å². The van der Waals surface area contributed by atoms with Crippen molar-refractivity contribution in [2.45, 2.75) is 57.3 Å². The van der Waals surface area contributed by atoms with Gasteiger partial charge in [0.15, 0.2) is 31.0 Å². The lowest BCUT2D eigenvalue weighted by Crippen LogP contribution is -2.25. The van der Waals surface area contributed by atoms with Gasteiger partial charge < -0.3 is 4.74 Å². The Bertz CT molecular complexity index is 1310. The Morgan fingerprint density at radius 1 is 0.667 bits per heavy atom. The summed E-state index contributed by atoms with van der Waals surface area (Å²) in [5.41, 5.74) is 1.62. The number of allylic oxidation sites excluding steroid dienone is 1. The first-order valence-corrected chi connectivity index (χ1v) is 14.2. The van der Waals surface area contributed by atoms with Crippen LogP contribution in [0.5, 0.6) is 5.75 Å². The molecule has 6 heteroatoms. The second kappa shape index (κ2) is 12.0. The topological polar surface area (TPSA) is 9.23 Å². The van der Waals surface area contributed by atoms with Crippen LogP contribution in [-0.4, -0.2) is 14.4 Å². The second-order valence-corrected chi connectivity index (χ2v) is 11.1. The summed E-state index contributed by atoms with van der Waals surface area (Å²) in [6.07, 6.45) is 11.0. The molecule has 2 aliphatic carbocycles. The number of benzene rings is 3. The molecule has 0 amide bonds. The molecule has 0 bridgehead atoms. The van der Waals surface area contributed by atoms with Crippen LogP contribution in [0.15, 0.2) is 61.2 Å². The Labute approximate surface area is 229 Å². The Morgan fingerprint density at radius 3 is 1.72 bits per heavy atom. The molecule has 2 fully saturated rings. The lowest BCUT2D eigenvalue weighted by molar-refractivity contribution is 0.171. The molecule has 0 heterocycles. The average Bonchev–Trinajstić information content (AvgIpc) is 2.97. The van der Waals surface area contributed by atoms with Crippen molar-refractivity contribution < 1.29 is 22.3 Å². The van der Waals surface area contributed by atoms with Crippen molar-refractivity contribution in [1.29, 1.82) is 0 Å². The maximum atomic E-state index is 15.3. The highest BCUT2D eigenvalue weighted by Gasteiger charge is 2.32. The zero-order valence-corrected chi connectivity index (χ0v) is 22.5. The third kappa shape index (κ3) is 5.66. The summed E-state index contributed by atoms with van der Waals surface area (Å²) in [6.45, 7) is 4.17. The fourth-order valence-corrected chi connectivity index (χ4v) is 6.71. The van der Waals surface area contributed by atoms with Crippen LogP contribution < -0.4 is 4.74 Å². The molecule has 2 aliphatic rings. The van der Waals surface area contributed by atoms with Gasteiger partial charge in [-0.15, -0.1) is 6.58 Å². The minimum absolute atomic E-state index is 0.0363. The predicted molar refractivity (Wildman–Crippen MR) is 152 cm³/mol. The van der Waals surface area contributed by atoms with E-state index in [4.69, 9.17) is 4.74 Å². The molecular weight excluding hydrogens is 499 g/mol. The Balaban J connectivity index is 1.28. The van der Waals surface area contributed by atoms with Crippen molar-refractivity contribution in [3.05, 3.63) is 90.0 Å². The van der Waals surface area contributed by atoms with E-state index in [1.54, 1.807) is 44.2 Å². The quantitative estimate of drug-likeness (QED) is 0.167. The number of rotatable bonds is 7. The van der Waals surface area contributed by atoms with Crippen LogP contribution in [-0.2, 0) is 0 Å². The van der Waals surface area contributed by atoms with Crippen LogP contribution in [0.3, 0.4) is 0 Å². The van der Waals surface area contributed by atoms with E-state index in [9.17, 15) is 8.78 Å². The van der Waals surface area contributed by atoms with E-state index in [0.29, 0.717) is 28.5 Å². The van der Waals surface area contributed by atoms with Crippen LogP contribution in [0.2, 0.25) is 0 Å². The van der Waals surface area contributed by atoms with Crippen molar-refractivity contribution in [3.63, 3.8) is 0 Å². The van der Waals surface area contributed by atoms with Gasteiger partial charge in [-0.3, -0.25) is 0 Å². The smallest absolute Gasteiger partial charge is 0.201 e. The van der Waals surface area contributed by atoms with Gasteiger partial charge in [0.25, 0.3) is 0 Å². The molecule has 39 heavy (non-hydrogen) atoms. The summed E-state index contributed by atoms with van der Waals surface area (Å²) in [5.74, 6) is -1.69. The molecule has 0 aromatic heterocycles. The van der Waals surface area contributed by atoms with Crippen LogP contribution in [0.4, 0.5) is 17.6 Å². The summed E-state index contributed by atoms with van der Waals surface area (Å²) in [6, 6.07) is 12.6. The first-order chi connectivity index (χ1) is 18.9. The molecule has 0 aliphatic heterocycles. The van der Waals surface area contributed by atoms with Crippen LogP contribution in [0, 0.1) is 41.0 Å². The molecule has 204 valence electrons. The summed E-state index contributed by atoms with van der Waals surface area (Å²) < 4.78 is 64.7. The second-order valence-electron chi connectivity index (χ2n) is 11.1. The van der Waals surface area contributed by atoms with Gasteiger partial charge in [-0.25, -0.2) is 13.2 Å². The van der Waals surface area contributed by atoms with Crippen molar-refractivity contribution in [1.82, 2.24) is 0 Å². The minimum Gasteiger partial charge on any atom is -0.500 e. The van der Waals surface area contributed by atoms with Crippen molar-refractivity contribution >= 4 is 7.85 Å². The first-order valence-electron chi connectivity index (χ1n) is 14.2. The lowest BCUT2D eigenvalue weighted by Gasteiger charge is -2.37. The fourth-order valence-electron chi connectivity index (χ4n) is 6.71. The molecule has 0 unspecified atom stereocenters. The van der Waals surface area contributed by atoms with Gasteiger partial charge in [0, 0.05) is 11.1 Å². The van der Waals surface area contributed by atoms with E-state index in [2.05, 4.69) is 12.7 Å². The standard InChI is InChI=1S/C33H35BF4O/c1-2-20-3-5-21(6-4-20)22-7-9-23(10-8-22)26-15-16-27(31(36)30(26)35)24-11-13-25(14-12-24)28-17-18-29(39-19-34)33(38)32(28)37/h2,11-18,20-23H,1,3-10,19,34H2. The number of halogens is 4. The molecule has 0 radical (unpaired) electrons. The predicted octanol–water partition coefficient (Wildman–Crippen LogP) is 8.81. The van der Waals surface area contributed by atoms with Crippen molar-refractivity contribution in [2.24, 2.45) is 17.8 Å². The van der Waals surface area contributed by atoms with Gasteiger partial charge in [-0.05, 0) is 104 Å². The number of ether oxygens (including phenoxy) is 1. The summed E-state index contributed by atoms with van der Waals surface area (Å²) in [5, 5.41) is 0. The van der Waals surface area contributed by atoms with Gasteiger partial charge in [0.2, 0.25) is 5.82 Å². The normalized spacial score (nSPS) is 23.4. The monoisotopic (exact) mass is 534 g/mol. The molecule has 0 N–H and O–H groups in total. The summed E-state index contributed by atoms with van der Waals surface area (Å²) in [7, 11) is 1.69. The van der Waals surface area contributed by atoms with E-state index in [1.807, 2.05) is 0 Å². The lowest BCUT2D eigenvalue weighted by atomic mass is 9.68. The molecule has 5 rings (SSSR count). The summed E-state index contributed by atoms with van der Waals surface area (Å²) >= 11 is 0. The molecule has 2 saturated carbocycles. The third-order valence-corrected chi connectivity index (χ3v) is 8.99. The maximum Gasteiger partial charge on any atom is 0.201 e. The zero-order chi connectivity index (χ0) is 27.5. The third-order valence-electron chi connectivity index (χ3n) is 8.99. The largest absolute Gasteiger partial charge is 0.500 e. The number of hydrogen-bond acceptors (Lipinski definition) is 1. The molecule has 3 aromatic carbocycles. The fraction of sp³-hybridized carbons (Fsp3) is 0.394. The Morgan fingerprint density at radius 2 is 1.18 bits per heavy atom. The Kier molecular flexibility index (Phi) is 8.49. The molecule has 1 nitrogen and oxygen atoms in total. The van der Waals surface area contributed by atoms with Gasteiger partial charge in [0.1, 0.15) is 0 Å². The SMILES string of the molecule is BCOc1ccc(-c2ccc(-c3ccc(C4CCC(C5CCC(C=C)CC5)CC4)c(F)c3F)cc2)c(F)c1F. The molecule has 0 saturated heterocycles. The average molecular weight is 534 g/mol. The van der Waals surface area contributed by atoms with Gasteiger partial charge in [-0.1, -0.05) is 42.5 Å². The van der Waals surface area contributed by atoms with Gasteiger partial charge in [-0.2, -0.15) is 4.39 Å². The minimum atomic E-state index is -1.05. The molecule has 3 aromatic rings. The van der Waals surface area contributed by atoms with E-state index in [0.717, 1.165) is 31.6 Å². The molecule has 0 atom stereocenters. The van der Waals surface area contributed by atoms with E-state index >= 15 is 8.78 Å². The highest BCUT2D eigenvalue weighted by Crippen LogP contribution is 2.45.